The Hall–Kier alpha value is -2.92. The smallest absolute Gasteiger partial charge is 0.292 e. The second kappa shape index (κ2) is 9.14. The van der Waals surface area contributed by atoms with E-state index in [0.717, 1.165) is 21.5 Å². The van der Waals surface area contributed by atoms with Gasteiger partial charge in [-0.15, -0.1) is 0 Å². The molecular weight excluding hydrogens is 406 g/mol. The summed E-state index contributed by atoms with van der Waals surface area (Å²) in [7, 11) is 0. The Balaban J connectivity index is 1.48. The van der Waals surface area contributed by atoms with Crippen LogP contribution in [0.25, 0.3) is 0 Å². The van der Waals surface area contributed by atoms with Crippen molar-refractivity contribution >= 4 is 27.6 Å². The fraction of sp³-hybridized carbons (Fsp3) is 0.0909. The first-order valence-electron chi connectivity index (χ1n) is 8.52. The van der Waals surface area contributed by atoms with Crippen molar-refractivity contribution in [1.82, 2.24) is 5.32 Å². The number of benzene rings is 3. The molecule has 3 aromatic rings. The molecule has 0 fully saturated rings. The Labute approximate surface area is 166 Å². The normalized spacial score (nSPS) is 10.3. The van der Waals surface area contributed by atoms with Gasteiger partial charge in [-0.25, -0.2) is 0 Å². The SMILES string of the molecule is O=C(NCCc1ccc(Oc2ccccc2)cc1)C(=O)c1ccc(Br)cc1. The van der Waals surface area contributed by atoms with E-state index in [0.29, 0.717) is 18.5 Å². The first-order chi connectivity index (χ1) is 13.1. The summed E-state index contributed by atoms with van der Waals surface area (Å²) in [5.74, 6) is 0.402. The second-order valence-electron chi connectivity index (χ2n) is 5.90. The van der Waals surface area contributed by atoms with Crippen LogP contribution in [0.3, 0.4) is 0 Å². The molecular formula is C22H18BrNO3. The van der Waals surface area contributed by atoms with E-state index in [1.165, 1.54) is 0 Å². The molecule has 0 heterocycles. The van der Waals surface area contributed by atoms with Crippen molar-refractivity contribution in [1.29, 1.82) is 0 Å². The zero-order chi connectivity index (χ0) is 19.1. The fourth-order valence-corrected chi connectivity index (χ4v) is 2.75. The molecule has 0 aliphatic carbocycles. The van der Waals surface area contributed by atoms with E-state index < -0.39 is 11.7 Å². The molecule has 0 aliphatic heterocycles. The summed E-state index contributed by atoms with van der Waals surface area (Å²) in [5.41, 5.74) is 1.42. The molecule has 5 heteroatoms. The second-order valence-corrected chi connectivity index (χ2v) is 6.82. The highest BCUT2D eigenvalue weighted by molar-refractivity contribution is 9.10. The van der Waals surface area contributed by atoms with Crippen molar-refractivity contribution < 1.29 is 14.3 Å². The quantitative estimate of drug-likeness (QED) is 0.439. The molecule has 0 atom stereocenters. The molecule has 0 aromatic heterocycles. The number of nitrogens with one attached hydrogen (secondary N) is 1. The number of para-hydroxylation sites is 1. The van der Waals surface area contributed by atoms with Crippen LogP contribution in [0, 0.1) is 0 Å². The summed E-state index contributed by atoms with van der Waals surface area (Å²) < 4.78 is 6.61. The third-order valence-electron chi connectivity index (χ3n) is 3.91. The molecule has 27 heavy (non-hydrogen) atoms. The van der Waals surface area contributed by atoms with Gasteiger partial charge in [0.15, 0.2) is 0 Å². The van der Waals surface area contributed by atoms with E-state index in [9.17, 15) is 9.59 Å². The number of ketones is 1. The van der Waals surface area contributed by atoms with Gasteiger partial charge >= 0.3 is 0 Å². The van der Waals surface area contributed by atoms with Crippen molar-refractivity contribution in [2.45, 2.75) is 6.42 Å². The van der Waals surface area contributed by atoms with Gasteiger partial charge < -0.3 is 10.1 Å². The molecule has 1 N–H and O–H groups in total. The number of hydrogen-bond acceptors (Lipinski definition) is 3. The van der Waals surface area contributed by atoms with Crippen LogP contribution >= 0.6 is 15.9 Å². The molecule has 3 aromatic carbocycles. The first kappa shape index (κ1) is 18.9. The first-order valence-corrected chi connectivity index (χ1v) is 9.31. The summed E-state index contributed by atoms with van der Waals surface area (Å²) in [4.78, 5) is 24.1. The summed E-state index contributed by atoms with van der Waals surface area (Å²) >= 11 is 3.30. The summed E-state index contributed by atoms with van der Waals surface area (Å²) in [6.45, 7) is 0.389. The molecule has 0 saturated carbocycles. The highest BCUT2D eigenvalue weighted by Gasteiger charge is 2.15. The minimum absolute atomic E-state index is 0.373. The molecule has 0 spiro atoms. The average molecular weight is 424 g/mol. The number of carbonyl (C=O) groups is 2. The third-order valence-corrected chi connectivity index (χ3v) is 4.44. The van der Waals surface area contributed by atoms with Gasteiger partial charge in [0.05, 0.1) is 0 Å². The van der Waals surface area contributed by atoms with E-state index in [4.69, 9.17) is 4.74 Å². The Morgan fingerprint density at radius 3 is 2.11 bits per heavy atom. The molecule has 0 unspecified atom stereocenters. The van der Waals surface area contributed by atoms with Gasteiger partial charge in [-0.2, -0.15) is 0 Å². The summed E-state index contributed by atoms with van der Waals surface area (Å²) in [6.07, 6.45) is 0.630. The predicted molar refractivity (Wildman–Crippen MR) is 108 cm³/mol. The van der Waals surface area contributed by atoms with Crippen LogP contribution < -0.4 is 10.1 Å². The highest BCUT2D eigenvalue weighted by atomic mass is 79.9. The van der Waals surface area contributed by atoms with Crippen molar-refractivity contribution in [3.05, 3.63) is 94.5 Å². The number of hydrogen-bond donors (Lipinski definition) is 1. The predicted octanol–water partition coefficient (Wildman–Crippen LogP) is 4.78. The van der Waals surface area contributed by atoms with Crippen LogP contribution in [-0.2, 0) is 11.2 Å². The highest BCUT2D eigenvalue weighted by Crippen LogP contribution is 2.21. The molecule has 0 saturated heterocycles. The number of halogens is 1. The Bertz CT molecular complexity index is 907. The Morgan fingerprint density at radius 1 is 0.815 bits per heavy atom. The summed E-state index contributed by atoms with van der Waals surface area (Å²) in [5, 5.41) is 2.67. The molecule has 4 nitrogen and oxygen atoms in total. The Kier molecular flexibility index (Phi) is 6.39. The van der Waals surface area contributed by atoms with Crippen LogP contribution in [0.1, 0.15) is 15.9 Å². The van der Waals surface area contributed by atoms with Gasteiger partial charge in [0.2, 0.25) is 5.78 Å². The molecule has 0 aliphatic rings. The topological polar surface area (TPSA) is 55.4 Å². The van der Waals surface area contributed by atoms with Crippen LogP contribution in [0.2, 0.25) is 0 Å². The zero-order valence-electron chi connectivity index (χ0n) is 14.5. The van der Waals surface area contributed by atoms with Gasteiger partial charge in [0.25, 0.3) is 5.91 Å². The molecule has 0 radical (unpaired) electrons. The molecule has 0 bridgehead atoms. The average Bonchev–Trinajstić information content (AvgIpc) is 2.70. The maximum Gasteiger partial charge on any atom is 0.292 e. The van der Waals surface area contributed by atoms with E-state index >= 15 is 0 Å². The van der Waals surface area contributed by atoms with E-state index in [1.54, 1.807) is 24.3 Å². The van der Waals surface area contributed by atoms with E-state index in [-0.39, 0.29) is 0 Å². The van der Waals surface area contributed by atoms with Gasteiger partial charge in [-0.1, -0.05) is 46.3 Å². The lowest BCUT2D eigenvalue weighted by Gasteiger charge is -2.07. The fourth-order valence-electron chi connectivity index (χ4n) is 2.48. The van der Waals surface area contributed by atoms with E-state index in [1.807, 2.05) is 54.6 Å². The van der Waals surface area contributed by atoms with Crippen molar-refractivity contribution in [3.8, 4) is 11.5 Å². The number of Topliss-reactive ketones (excluding diaryl/α,β-unsaturated/α-hetero) is 1. The van der Waals surface area contributed by atoms with Gasteiger partial charge in [-0.3, -0.25) is 9.59 Å². The third kappa shape index (κ3) is 5.53. The minimum Gasteiger partial charge on any atom is -0.457 e. The van der Waals surface area contributed by atoms with Gasteiger partial charge in [0, 0.05) is 16.6 Å². The number of ether oxygens (including phenoxy) is 1. The zero-order valence-corrected chi connectivity index (χ0v) is 16.1. The lowest BCUT2D eigenvalue weighted by Crippen LogP contribution is -2.32. The number of amides is 1. The van der Waals surface area contributed by atoms with Gasteiger partial charge in [-0.05, 0) is 60.5 Å². The molecule has 136 valence electrons. The molecule has 3 rings (SSSR count). The maximum atomic E-state index is 12.1. The lowest BCUT2D eigenvalue weighted by atomic mass is 10.1. The number of carbonyl (C=O) groups excluding carboxylic acids is 2. The van der Waals surface area contributed by atoms with E-state index in [2.05, 4.69) is 21.2 Å². The van der Waals surface area contributed by atoms with Crippen molar-refractivity contribution in [2.24, 2.45) is 0 Å². The van der Waals surface area contributed by atoms with Crippen molar-refractivity contribution in [3.63, 3.8) is 0 Å². The van der Waals surface area contributed by atoms with Crippen LogP contribution in [-0.4, -0.2) is 18.2 Å². The standard InChI is InChI=1S/C22H18BrNO3/c23-18-10-8-17(9-11-18)21(25)22(26)24-15-14-16-6-12-20(13-7-16)27-19-4-2-1-3-5-19/h1-13H,14-15H2,(H,24,26). The largest absolute Gasteiger partial charge is 0.457 e. The maximum absolute atomic E-state index is 12.1. The minimum atomic E-state index is -0.596. The van der Waals surface area contributed by atoms with Crippen LogP contribution in [0.4, 0.5) is 0 Å². The summed E-state index contributed by atoms with van der Waals surface area (Å²) in [6, 6.07) is 23.9. The van der Waals surface area contributed by atoms with Crippen molar-refractivity contribution in [2.75, 3.05) is 6.54 Å². The lowest BCUT2D eigenvalue weighted by molar-refractivity contribution is -0.116. The van der Waals surface area contributed by atoms with Crippen LogP contribution in [0.5, 0.6) is 11.5 Å². The molecule has 1 amide bonds. The van der Waals surface area contributed by atoms with Crippen LogP contribution in [0.15, 0.2) is 83.3 Å². The van der Waals surface area contributed by atoms with Gasteiger partial charge in [0.1, 0.15) is 11.5 Å². The Morgan fingerprint density at radius 2 is 1.44 bits per heavy atom. The number of rotatable bonds is 7. The monoisotopic (exact) mass is 423 g/mol.